The Balaban J connectivity index is 4.36. The molecular formula is C61H108O6. The van der Waals surface area contributed by atoms with Crippen molar-refractivity contribution in [1.29, 1.82) is 0 Å². The van der Waals surface area contributed by atoms with Crippen LogP contribution in [0.2, 0.25) is 0 Å². The first-order valence-electron chi connectivity index (χ1n) is 28.8. The van der Waals surface area contributed by atoms with Gasteiger partial charge in [0, 0.05) is 19.3 Å². The van der Waals surface area contributed by atoms with Crippen LogP contribution >= 0.6 is 0 Å². The van der Waals surface area contributed by atoms with Crippen molar-refractivity contribution in [2.24, 2.45) is 0 Å². The molecule has 0 aliphatic rings. The van der Waals surface area contributed by atoms with Gasteiger partial charge in [0.05, 0.1) is 0 Å². The van der Waals surface area contributed by atoms with E-state index in [1.165, 1.54) is 161 Å². The number of unbranched alkanes of at least 4 members (excludes halogenated alkanes) is 31. The van der Waals surface area contributed by atoms with Gasteiger partial charge in [0.2, 0.25) is 0 Å². The Hall–Kier alpha value is -2.89. The van der Waals surface area contributed by atoms with E-state index in [0.29, 0.717) is 19.3 Å². The first-order valence-corrected chi connectivity index (χ1v) is 28.8. The molecule has 0 aromatic rings. The van der Waals surface area contributed by atoms with Gasteiger partial charge < -0.3 is 14.2 Å². The van der Waals surface area contributed by atoms with Crippen LogP contribution in [0.25, 0.3) is 0 Å². The number of rotatable bonds is 52. The minimum Gasteiger partial charge on any atom is -0.462 e. The first-order chi connectivity index (χ1) is 33.0. The molecule has 0 aliphatic heterocycles. The molecule has 67 heavy (non-hydrogen) atoms. The van der Waals surface area contributed by atoms with Gasteiger partial charge in [-0.1, -0.05) is 229 Å². The topological polar surface area (TPSA) is 78.9 Å². The molecule has 1 unspecified atom stereocenters. The summed E-state index contributed by atoms with van der Waals surface area (Å²) in [6.45, 7) is 6.52. The Labute approximate surface area is 415 Å². The quantitative estimate of drug-likeness (QED) is 0.0262. The molecule has 6 nitrogen and oxygen atoms in total. The number of hydrogen-bond acceptors (Lipinski definition) is 6. The summed E-state index contributed by atoms with van der Waals surface area (Å²) >= 11 is 0. The minimum atomic E-state index is -0.783. The molecule has 0 saturated carbocycles. The van der Waals surface area contributed by atoms with Crippen molar-refractivity contribution >= 4 is 17.9 Å². The maximum absolute atomic E-state index is 12.8. The molecule has 0 bridgehead atoms. The molecule has 0 spiro atoms. The number of carbonyl (C=O) groups excluding carboxylic acids is 3. The third-order valence-electron chi connectivity index (χ3n) is 12.5. The van der Waals surface area contributed by atoms with Crippen LogP contribution in [0.4, 0.5) is 0 Å². The van der Waals surface area contributed by atoms with E-state index in [1.54, 1.807) is 0 Å². The smallest absolute Gasteiger partial charge is 0.306 e. The normalized spacial score (nSPS) is 12.5. The van der Waals surface area contributed by atoms with Crippen molar-refractivity contribution in [3.05, 3.63) is 60.8 Å². The number of carbonyl (C=O) groups is 3. The van der Waals surface area contributed by atoms with E-state index in [-0.39, 0.29) is 31.1 Å². The molecule has 0 aromatic heterocycles. The SMILES string of the molecule is CC/C=C\C/C=C\C/C=C\CCCCCCCCCC(=O)OC(COC(=O)CCCCCCC/C=C\CCCCCC)COC(=O)CCCCCCCCCCC/C=C\CCCCCCCC. The van der Waals surface area contributed by atoms with Crippen LogP contribution in [0.5, 0.6) is 0 Å². The molecule has 0 radical (unpaired) electrons. The van der Waals surface area contributed by atoms with Crippen LogP contribution < -0.4 is 0 Å². The third-order valence-corrected chi connectivity index (χ3v) is 12.5. The van der Waals surface area contributed by atoms with Crippen molar-refractivity contribution in [3.8, 4) is 0 Å². The zero-order valence-electron chi connectivity index (χ0n) is 44.4. The van der Waals surface area contributed by atoms with Crippen LogP contribution in [-0.2, 0) is 28.6 Å². The Morgan fingerprint density at radius 2 is 0.582 bits per heavy atom. The zero-order valence-corrected chi connectivity index (χ0v) is 44.4. The summed E-state index contributed by atoms with van der Waals surface area (Å²) in [6, 6.07) is 0. The lowest BCUT2D eigenvalue weighted by atomic mass is 10.1. The van der Waals surface area contributed by atoms with E-state index >= 15 is 0 Å². The minimum absolute atomic E-state index is 0.0809. The number of hydrogen-bond donors (Lipinski definition) is 0. The van der Waals surface area contributed by atoms with E-state index in [1.807, 2.05) is 0 Å². The molecule has 0 saturated heterocycles. The summed E-state index contributed by atoms with van der Waals surface area (Å²) < 4.78 is 16.9. The predicted molar refractivity (Wildman–Crippen MR) is 288 cm³/mol. The summed E-state index contributed by atoms with van der Waals surface area (Å²) in [5, 5.41) is 0. The standard InChI is InChI=1S/C61H108O6/c1-4-7-10-13-16-19-22-25-27-29-30-32-33-36-39-42-45-48-51-54-60(63)66-57-58(56-65-59(62)53-50-47-44-41-38-35-24-21-18-15-12-9-6-3)67-61(64)55-52-49-46-43-40-37-34-31-28-26-23-20-17-14-11-8-5-2/h8,11,17,20-21,24-28,58H,4-7,9-10,12-16,18-19,22-23,29-57H2,1-3H3/b11-8-,20-17-,24-21-,27-25-,28-26-. The lowest BCUT2D eigenvalue weighted by Gasteiger charge is -2.18. The number of allylic oxidation sites excluding steroid dienone is 10. The van der Waals surface area contributed by atoms with Crippen molar-refractivity contribution < 1.29 is 28.6 Å². The molecule has 6 heteroatoms. The van der Waals surface area contributed by atoms with E-state index < -0.39 is 6.10 Å². The van der Waals surface area contributed by atoms with E-state index in [4.69, 9.17) is 14.2 Å². The maximum atomic E-state index is 12.8. The average Bonchev–Trinajstić information content (AvgIpc) is 3.33. The van der Waals surface area contributed by atoms with Gasteiger partial charge in [-0.2, -0.15) is 0 Å². The molecule has 0 fully saturated rings. The Morgan fingerprint density at radius 3 is 0.940 bits per heavy atom. The Morgan fingerprint density at radius 1 is 0.313 bits per heavy atom. The first kappa shape index (κ1) is 64.1. The average molecular weight is 938 g/mol. The van der Waals surface area contributed by atoms with Gasteiger partial charge in [0.25, 0.3) is 0 Å². The van der Waals surface area contributed by atoms with Gasteiger partial charge in [-0.3, -0.25) is 14.4 Å². The van der Waals surface area contributed by atoms with Gasteiger partial charge >= 0.3 is 17.9 Å². The van der Waals surface area contributed by atoms with Crippen LogP contribution in [0, 0.1) is 0 Å². The third kappa shape index (κ3) is 53.9. The maximum Gasteiger partial charge on any atom is 0.306 e. The van der Waals surface area contributed by atoms with Crippen LogP contribution in [-0.4, -0.2) is 37.2 Å². The van der Waals surface area contributed by atoms with E-state index in [9.17, 15) is 14.4 Å². The van der Waals surface area contributed by atoms with Crippen molar-refractivity contribution in [3.63, 3.8) is 0 Å². The Kier molecular flexibility index (Phi) is 53.3. The lowest BCUT2D eigenvalue weighted by molar-refractivity contribution is -0.167. The van der Waals surface area contributed by atoms with E-state index in [2.05, 4.69) is 81.5 Å². The Bertz CT molecular complexity index is 1210. The van der Waals surface area contributed by atoms with Crippen LogP contribution in [0.1, 0.15) is 290 Å². The highest BCUT2D eigenvalue weighted by Crippen LogP contribution is 2.15. The molecule has 0 aliphatic carbocycles. The largest absolute Gasteiger partial charge is 0.462 e. The van der Waals surface area contributed by atoms with Crippen molar-refractivity contribution in [1.82, 2.24) is 0 Å². The van der Waals surface area contributed by atoms with Gasteiger partial charge in [0.1, 0.15) is 13.2 Å². The van der Waals surface area contributed by atoms with Gasteiger partial charge in [0.15, 0.2) is 6.10 Å². The highest BCUT2D eigenvalue weighted by molar-refractivity contribution is 5.71. The zero-order chi connectivity index (χ0) is 48.6. The summed E-state index contributed by atoms with van der Waals surface area (Å²) in [7, 11) is 0. The second-order valence-electron chi connectivity index (χ2n) is 19.2. The summed E-state index contributed by atoms with van der Waals surface area (Å²) in [4.78, 5) is 38.1. The molecule has 0 rings (SSSR count). The summed E-state index contributed by atoms with van der Waals surface area (Å²) in [6.07, 6.45) is 69.2. The lowest BCUT2D eigenvalue weighted by Crippen LogP contribution is -2.30. The fourth-order valence-electron chi connectivity index (χ4n) is 8.15. The number of ether oxygens (including phenoxy) is 3. The second kappa shape index (κ2) is 55.7. The van der Waals surface area contributed by atoms with Gasteiger partial charge in [-0.05, 0) is 103 Å². The second-order valence-corrected chi connectivity index (χ2v) is 19.2. The molecular weight excluding hydrogens is 829 g/mol. The molecule has 1 atom stereocenters. The molecule has 0 N–H and O–H groups in total. The summed E-state index contributed by atoms with van der Waals surface area (Å²) in [5.74, 6) is -0.892. The molecule has 0 heterocycles. The monoisotopic (exact) mass is 937 g/mol. The van der Waals surface area contributed by atoms with Crippen LogP contribution in [0.3, 0.4) is 0 Å². The molecule has 0 amide bonds. The highest BCUT2D eigenvalue weighted by Gasteiger charge is 2.19. The van der Waals surface area contributed by atoms with Crippen molar-refractivity contribution in [2.45, 2.75) is 297 Å². The number of esters is 3. The van der Waals surface area contributed by atoms with Gasteiger partial charge in [-0.15, -0.1) is 0 Å². The van der Waals surface area contributed by atoms with Crippen LogP contribution in [0.15, 0.2) is 60.8 Å². The van der Waals surface area contributed by atoms with Gasteiger partial charge in [-0.25, -0.2) is 0 Å². The van der Waals surface area contributed by atoms with E-state index in [0.717, 1.165) is 89.9 Å². The summed E-state index contributed by atoms with van der Waals surface area (Å²) in [5.41, 5.74) is 0. The highest BCUT2D eigenvalue weighted by atomic mass is 16.6. The fraction of sp³-hybridized carbons (Fsp3) is 0.787. The predicted octanol–water partition coefficient (Wildman–Crippen LogP) is 19.2. The fourth-order valence-corrected chi connectivity index (χ4v) is 8.15. The molecule has 388 valence electrons. The van der Waals surface area contributed by atoms with Crippen molar-refractivity contribution in [2.75, 3.05) is 13.2 Å². The molecule has 0 aromatic carbocycles.